The summed E-state index contributed by atoms with van der Waals surface area (Å²) >= 11 is 5.95. The molecule has 26 heavy (non-hydrogen) atoms. The highest BCUT2D eigenvalue weighted by Gasteiger charge is 2.12. The second-order valence-corrected chi connectivity index (χ2v) is 5.67. The van der Waals surface area contributed by atoms with Gasteiger partial charge in [-0.3, -0.25) is 9.59 Å². The molecule has 7 heteroatoms. The molecule has 1 aromatic heterocycles. The van der Waals surface area contributed by atoms with Gasteiger partial charge in [-0.2, -0.15) is 5.10 Å². The average Bonchev–Trinajstić information content (AvgIpc) is 3.11. The number of nitrogens with one attached hydrogen (secondary N) is 2. The topological polar surface area (TPSA) is 83.7 Å². The van der Waals surface area contributed by atoms with E-state index in [2.05, 4.69) is 15.8 Å². The molecule has 0 aliphatic carbocycles. The van der Waals surface area contributed by atoms with Crippen molar-refractivity contribution in [3.05, 3.63) is 77.5 Å². The molecule has 2 N–H and O–H groups in total. The third kappa shape index (κ3) is 4.58. The smallest absolute Gasteiger partial charge is 0.329 e. The van der Waals surface area contributed by atoms with E-state index in [9.17, 15) is 9.59 Å². The number of halogens is 1. The number of hydrogen-bond acceptors (Lipinski definition) is 4. The lowest BCUT2D eigenvalue weighted by Crippen LogP contribution is -2.32. The van der Waals surface area contributed by atoms with Gasteiger partial charge < -0.3 is 9.73 Å². The second kappa shape index (κ2) is 8.13. The summed E-state index contributed by atoms with van der Waals surface area (Å²) in [6.07, 6.45) is 1.31. The molecule has 2 amide bonds. The van der Waals surface area contributed by atoms with Gasteiger partial charge in [-0.15, -0.1) is 0 Å². The fourth-order valence-corrected chi connectivity index (χ4v) is 2.32. The first kappa shape index (κ1) is 17.4. The number of amides is 2. The highest BCUT2D eigenvalue weighted by atomic mass is 35.5. The SMILES string of the molecule is O=C(N/N=C/c1ccc(-c2cccc(Cl)c2)o1)C(=O)Nc1ccccc1. The molecule has 1 heterocycles. The van der Waals surface area contributed by atoms with Gasteiger partial charge in [-0.1, -0.05) is 41.9 Å². The van der Waals surface area contributed by atoms with E-state index in [1.165, 1.54) is 6.21 Å². The summed E-state index contributed by atoms with van der Waals surface area (Å²) in [5.74, 6) is -0.662. The minimum Gasteiger partial charge on any atom is -0.455 e. The maximum Gasteiger partial charge on any atom is 0.329 e. The second-order valence-electron chi connectivity index (χ2n) is 5.23. The van der Waals surface area contributed by atoms with Crippen molar-refractivity contribution < 1.29 is 14.0 Å². The molecule has 2 aromatic carbocycles. The largest absolute Gasteiger partial charge is 0.455 e. The Morgan fingerprint density at radius 3 is 2.54 bits per heavy atom. The summed E-state index contributed by atoms with van der Waals surface area (Å²) in [5, 5.41) is 6.79. The fourth-order valence-electron chi connectivity index (χ4n) is 2.13. The van der Waals surface area contributed by atoms with Crippen molar-refractivity contribution in [2.45, 2.75) is 0 Å². The molecule has 130 valence electrons. The molecule has 0 atom stereocenters. The molecule has 0 saturated carbocycles. The van der Waals surface area contributed by atoms with Crippen LogP contribution in [0.25, 0.3) is 11.3 Å². The van der Waals surface area contributed by atoms with E-state index in [1.54, 1.807) is 54.6 Å². The van der Waals surface area contributed by atoms with Crippen molar-refractivity contribution in [1.29, 1.82) is 0 Å². The monoisotopic (exact) mass is 367 g/mol. The van der Waals surface area contributed by atoms with Gasteiger partial charge in [0.15, 0.2) is 0 Å². The zero-order valence-corrected chi connectivity index (χ0v) is 14.2. The predicted molar refractivity (Wildman–Crippen MR) is 100.0 cm³/mol. The molecule has 0 spiro atoms. The summed E-state index contributed by atoms with van der Waals surface area (Å²) in [7, 11) is 0. The summed E-state index contributed by atoms with van der Waals surface area (Å²) in [6.45, 7) is 0. The fraction of sp³-hybridized carbons (Fsp3) is 0. The molecule has 0 saturated heterocycles. The summed E-state index contributed by atoms with van der Waals surface area (Å²) in [5.41, 5.74) is 3.49. The number of nitrogens with zero attached hydrogens (tertiary/aromatic N) is 1. The van der Waals surface area contributed by atoms with E-state index in [4.69, 9.17) is 16.0 Å². The minimum atomic E-state index is -0.883. The highest BCUT2D eigenvalue weighted by Crippen LogP contribution is 2.24. The molecule has 0 aliphatic heterocycles. The van der Waals surface area contributed by atoms with Crippen LogP contribution in [-0.2, 0) is 9.59 Å². The molecular weight excluding hydrogens is 354 g/mol. The summed E-state index contributed by atoms with van der Waals surface area (Å²) in [4.78, 5) is 23.5. The minimum absolute atomic E-state index is 0.420. The Bertz CT molecular complexity index is 951. The average molecular weight is 368 g/mol. The number of carbonyl (C=O) groups excluding carboxylic acids is 2. The van der Waals surface area contributed by atoms with Crippen molar-refractivity contribution in [3.8, 4) is 11.3 Å². The molecule has 0 radical (unpaired) electrons. The maximum absolute atomic E-state index is 11.7. The summed E-state index contributed by atoms with van der Waals surface area (Å²) in [6, 6.07) is 19.3. The first-order valence-electron chi connectivity index (χ1n) is 7.67. The van der Waals surface area contributed by atoms with Gasteiger partial charge in [0.1, 0.15) is 11.5 Å². The van der Waals surface area contributed by atoms with Crippen LogP contribution in [0.15, 0.2) is 76.2 Å². The van der Waals surface area contributed by atoms with E-state index in [0.29, 0.717) is 22.2 Å². The Kier molecular flexibility index (Phi) is 5.46. The molecule has 3 aromatic rings. The van der Waals surface area contributed by atoms with E-state index < -0.39 is 11.8 Å². The van der Waals surface area contributed by atoms with Crippen molar-refractivity contribution >= 4 is 35.3 Å². The Hall–Kier alpha value is -3.38. The van der Waals surface area contributed by atoms with Gasteiger partial charge in [0.25, 0.3) is 0 Å². The first-order valence-corrected chi connectivity index (χ1v) is 8.05. The van der Waals surface area contributed by atoms with Crippen LogP contribution in [0.2, 0.25) is 5.02 Å². The number of hydrazone groups is 1. The lowest BCUT2D eigenvalue weighted by atomic mass is 10.2. The Morgan fingerprint density at radius 1 is 0.962 bits per heavy atom. The van der Waals surface area contributed by atoms with Crippen LogP contribution >= 0.6 is 11.6 Å². The number of anilines is 1. The maximum atomic E-state index is 11.7. The van der Waals surface area contributed by atoms with Crippen molar-refractivity contribution in [3.63, 3.8) is 0 Å². The first-order chi connectivity index (χ1) is 12.6. The van der Waals surface area contributed by atoms with Gasteiger partial charge in [-0.25, -0.2) is 5.43 Å². The van der Waals surface area contributed by atoms with Gasteiger partial charge in [0.05, 0.1) is 6.21 Å². The Labute approximate surface area is 154 Å². The Balaban J connectivity index is 1.57. The molecule has 3 rings (SSSR count). The van der Waals surface area contributed by atoms with Crippen molar-refractivity contribution in [2.75, 3.05) is 5.32 Å². The zero-order valence-electron chi connectivity index (χ0n) is 13.5. The molecular formula is C19H14ClN3O3. The predicted octanol–water partition coefficient (Wildman–Crippen LogP) is 3.69. The normalized spacial score (nSPS) is 10.7. The molecule has 0 bridgehead atoms. The van der Waals surface area contributed by atoms with Crippen LogP contribution in [0, 0.1) is 0 Å². The number of benzene rings is 2. The van der Waals surface area contributed by atoms with Crippen LogP contribution in [0.3, 0.4) is 0 Å². The molecule has 0 fully saturated rings. The number of furan rings is 1. The quantitative estimate of drug-likeness (QED) is 0.419. The molecule has 0 unspecified atom stereocenters. The lowest BCUT2D eigenvalue weighted by Gasteiger charge is -2.02. The third-order valence-corrected chi connectivity index (χ3v) is 3.57. The van der Waals surface area contributed by atoms with Crippen LogP contribution in [0.1, 0.15) is 5.76 Å². The van der Waals surface area contributed by atoms with Crippen molar-refractivity contribution in [2.24, 2.45) is 5.10 Å². The van der Waals surface area contributed by atoms with E-state index in [1.807, 2.05) is 12.1 Å². The lowest BCUT2D eigenvalue weighted by molar-refractivity contribution is -0.136. The van der Waals surface area contributed by atoms with Gasteiger partial charge in [0.2, 0.25) is 0 Å². The highest BCUT2D eigenvalue weighted by molar-refractivity contribution is 6.39. The van der Waals surface area contributed by atoms with Gasteiger partial charge in [0, 0.05) is 16.3 Å². The van der Waals surface area contributed by atoms with E-state index >= 15 is 0 Å². The van der Waals surface area contributed by atoms with Crippen LogP contribution in [0.5, 0.6) is 0 Å². The van der Waals surface area contributed by atoms with Gasteiger partial charge in [-0.05, 0) is 36.4 Å². The van der Waals surface area contributed by atoms with Crippen LogP contribution in [-0.4, -0.2) is 18.0 Å². The number of para-hydroxylation sites is 1. The zero-order chi connectivity index (χ0) is 18.4. The van der Waals surface area contributed by atoms with Crippen molar-refractivity contribution in [1.82, 2.24) is 5.43 Å². The van der Waals surface area contributed by atoms with E-state index in [0.717, 1.165) is 5.56 Å². The van der Waals surface area contributed by atoms with Crippen LogP contribution in [0.4, 0.5) is 5.69 Å². The number of rotatable bonds is 4. The Morgan fingerprint density at radius 2 is 1.77 bits per heavy atom. The molecule has 0 aliphatic rings. The summed E-state index contributed by atoms with van der Waals surface area (Å²) < 4.78 is 5.60. The van der Waals surface area contributed by atoms with Crippen LogP contribution < -0.4 is 10.7 Å². The third-order valence-electron chi connectivity index (χ3n) is 3.33. The molecule has 6 nitrogen and oxygen atoms in total. The number of carbonyl (C=O) groups is 2. The van der Waals surface area contributed by atoms with Gasteiger partial charge >= 0.3 is 11.8 Å². The number of hydrogen-bond donors (Lipinski definition) is 2. The standard InChI is InChI=1S/C19H14ClN3O3/c20-14-6-4-5-13(11-14)17-10-9-16(26-17)12-21-23-19(25)18(24)22-15-7-2-1-3-8-15/h1-12H,(H,22,24)(H,23,25)/b21-12+. The van der Waals surface area contributed by atoms with E-state index in [-0.39, 0.29) is 0 Å².